The lowest BCUT2D eigenvalue weighted by Crippen LogP contribution is -2.36. The van der Waals surface area contributed by atoms with Crippen LogP contribution < -0.4 is 11.2 Å². The van der Waals surface area contributed by atoms with Gasteiger partial charge in [0, 0.05) is 36.9 Å². The SMILES string of the molecule is Cn1c(=O)c2c(-c3cccc(Br)c3)n(Cc3ccccc3)cc2n(C)c1=O. The lowest BCUT2D eigenvalue weighted by atomic mass is 10.1. The number of benzene rings is 2. The second-order valence-electron chi connectivity index (χ2n) is 6.57. The van der Waals surface area contributed by atoms with Crippen LogP contribution in [-0.2, 0) is 20.6 Å². The van der Waals surface area contributed by atoms with Crippen LogP contribution in [0.3, 0.4) is 0 Å². The summed E-state index contributed by atoms with van der Waals surface area (Å²) < 4.78 is 5.67. The van der Waals surface area contributed by atoms with Crippen LogP contribution in [0.4, 0.5) is 0 Å². The van der Waals surface area contributed by atoms with Crippen molar-refractivity contribution in [2.75, 3.05) is 0 Å². The Morgan fingerprint density at radius 3 is 2.37 bits per heavy atom. The van der Waals surface area contributed by atoms with E-state index in [1.54, 1.807) is 7.05 Å². The van der Waals surface area contributed by atoms with Crippen LogP contribution in [0.1, 0.15) is 5.56 Å². The second kappa shape index (κ2) is 6.70. The number of halogens is 1. The number of aromatic nitrogens is 3. The Labute approximate surface area is 164 Å². The standard InChI is InChI=1S/C21H18BrN3O2/c1-23-17-13-25(12-14-7-4-3-5-8-14)19(15-9-6-10-16(22)11-15)18(17)20(26)24(2)21(23)27/h3-11,13H,12H2,1-2H3. The minimum absolute atomic E-state index is 0.283. The second-order valence-corrected chi connectivity index (χ2v) is 7.48. The summed E-state index contributed by atoms with van der Waals surface area (Å²) in [6.07, 6.45) is 1.89. The number of hydrogen-bond donors (Lipinski definition) is 0. The van der Waals surface area contributed by atoms with E-state index < -0.39 is 0 Å². The van der Waals surface area contributed by atoms with Gasteiger partial charge in [-0.05, 0) is 17.7 Å². The number of rotatable bonds is 3. The van der Waals surface area contributed by atoms with Gasteiger partial charge >= 0.3 is 5.69 Å². The fourth-order valence-electron chi connectivity index (χ4n) is 3.44. The minimum Gasteiger partial charge on any atom is -0.340 e. The van der Waals surface area contributed by atoms with Gasteiger partial charge in [0.25, 0.3) is 5.56 Å². The molecule has 27 heavy (non-hydrogen) atoms. The predicted molar refractivity (Wildman–Crippen MR) is 111 cm³/mol. The van der Waals surface area contributed by atoms with Crippen LogP contribution >= 0.6 is 15.9 Å². The van der Waals surface area contributed by atoms with E-state index in [2.05, 4.69) is 15.9 Å². The molecule has 0 bridgehead atoms. The fraction of sp³-hybridized carbons (Fsp3) is 0.143. The van der Waals surface area contributed by atoms with E-state index in [9.17, 15) is 9.59 Å². The first-order chi connectivity index (χ1) is 13.0. The molecule has 0 aliphatic carbocycles. The summed E-state index contributed by atoms with van der Waals surface area (Å²) in [7, 11) is 3.21. The Kier molecular flexibility index (Phi) is 4.36. The van der Waals surface area contributed by atoms with E-state index in [4.69, 9.17) is 0 Å². The zero-order chi connectivity index (χ0) is 19.1. The third kappa shape index (κ3) is 2.96. The third-order valence-electron chi connectivity index (χ3n) is 4.81. The summed E-state index contributed by atoms with van der Waals surface area (Å²) in [5, 5.41) is 0.550. The summed E-state index contributed by atoms with van der Waals surface area (Å²) in [5.74, 6) is 0. The molecule has 0 fully saturated rings. The Bertz CT molecular complexity index is 1270. The lowest BCUT2D eigenvalue weighted by molar-refractivity contribution is 0.714. The molecule has 0 radical (unpaired) electrons. The first kappa shape index (κ1) is 17.5. The van der Waals surface area contributed by atoms with Crippen LogP contribution in [0.25, 0.3) is 22.2 Å². The van der Waals surface area contributed by atoms with Gasteiger partial charge in [0.05, 0.1) is 16.6 Å². The quantitative estimate of drug-likeness (QED) is 0.506. The van der Waals surface area contributed by atoms with Crippen molar-refractivity contribution in [3.8, 4) is 11.3 Å². The molecular weight excluding hydrogens is 406 g/mol. The predicted octanol–water partition coefficient (Wildman–Crippen LogP) is 3.52. The highest BCUT2D eigenvalue weighted by atomic mass is 79.9. The molecule has 2 aromatic heterocycles. The summed E-state index contributed by atoms with van der Waals surface area (Å²) in [6, 6.07) is 17.9. The largest absolute Gasteiger partial charge is 0.340 e. The summed E-state index contributed by atoms with van der Waals surface area (Å²) in [5.41, 5.74) is 2.88. The summed E-state index contributed by atoms with van der Waals surface area (Å²) in [6.45, 7) is 0.606. The highest BCUT2D eigenvalue weighted by Crippen LogP contribution is 2.30. The Morgan fingerprint density at radius 1 is 0.926 bits per heavy atom. The summed E-state index contributed by atoms with van der Waals surface area (Å²) in [4.78, 5) is 25.4. The molecule has 2 heterocycles. The van der Waals surface area contributed by atoms with Gasteiger partial charge in [0.2, 0.25) is 0 Å². The van der Waals surface area contributed by atoms with Crippen molar-refractivity contribution >= 4 is 26.8 Å². The van der Waals surface area contributed by atoms with E-state index in [0.29, 0.717) is 17.4 Å². The Hall–Kier alpha value is -2.86. The molecule has 6 heteroatoms. The van der Waals surface area contributed by atoms with Gasteiger partial charge < -0.3 is 4.57 Å². The molecule has 0 saturated heterocycles. The van der Waals surface area contributed by atoms with Gasteiger partial charge in [-0.15, -0.1) is 0 Å². The van der Waals surface area contributed by atoms with Gasteiger partial charge in [0.15, 0.2) is 0 Å². The molecule has 0 unspecified atom stereocenters. The number of hydrogen-bond acceptors (Lipinski definition) is 2. The molecule has 2 aromatic carbocycles. The average Bonchev–Trinajstić information content (AvgIpc) is 3.05. The average molecular weight is 424 g/mol. The highest BCUT2D eigenvalue weighted by Gasteiger charge is 2.19. The number of aryl methyl sites for hydroxylation is 1. The Morgan fingerprint density at radius 2 is 1.67 bits per heavy atom. The molecule has 0 aliphatic rings. The van der Waals surface area contributed by atoms with Gasteiger partial charge in [0.1, 0.15) is 0 Å². The Balaban J connectivity index is 2.09. The maximum atomic E-state index is 13.0. The maximum Gasteiger partial charge on any atom is 0.330 e. The van der Waals surface area contributed by atoms with Crippen LogP contribution in [0.2, 0.25) is 0 Å². The van der Waals surface area contributed by atoms with Crippen LogP contribution in [0.15, 0.2) is 74.9 Å². The van der Waals surface area contributed by atoms with Crippen LogP contribution in [0, 0.1) is 0 Å². The molecule has 4 rings (SSSR count). The minimum atomic E-state index is -0.329. The molecule has 5 nitrogen and oxygen atoms in total. The van der Waals surface area contributed by atoms with Crippen molar-refractivity contribution in [2.45, 2.75) is 6.54 Å². The van der Waals surface area contributed by atoms with Crippen LogP contribution in [-0.4, -0.2) is 13.7 Å². The third-order valence-corrected chi connectivity index (χ3v) is 5.30. The van der Waals surface area contributed by atoms with E-state index in [1.165, 1.54) is 11.6 Å². The molecule has 0 saturated carbocycles. The summed E-state index contributed by atoms with van der Waals surface area (Å²) >= 11 is 3.51. The molecule has 136 valence electrons. The van der Waals surface area contributed by atoms with Crippen molar-refractivity contribution in [1.29, 1.82) is 0 Å². The normalized spacial score (nSPS) is 11.2. The van der Waals surface area contributed by atoms with E-state index in [1.807, 2.05) is 65.4 Å². The molecular formula is C21H18BrN3O2. The van der Waals surface area contributed by atoms with Gasteiger partial charge in [-0.2, -0.15) is 0 Å². The fourth-order valence-corrected chi connectivity index (χ4v) is 3.84. The number of fused-ring (bicyclic) bond motifs is 1. The van der Waals surface area contributed by atoms with Crippen molar-refractivity contribution in [2.24, 2.45) is 14.1 Å². The van der Waals surface area contributed by atoms with Crippen molar-refractivity contribution in [3.63, 3.8) is 0 Å². The zero-order valence-electron chi connectivity index (χ0n) is 15.0. The van der Waals surface area contributed by atoms with Crippen LogP contribution in [0.5, 0.6) is 0 Å². The molecule has 0 aliphatic heterocycles. The highest BCUT2D eigenvalue weighted by molar-refractivity contribution is 9.10. The first-order valence-corrected chi connectivity index (χ1v) is 9.35. The monoisotopic (exact) mass is 423 g/mol. The smallest absolute Gasteiger partial charge is 0.330 e. The topological polar surface area (TPSA) is 48.9 Å². The van der Waals surface area contributed by atoms with Gasteiger partial charge in [-0.25, -0.2) is 4.79 Å². The lowest BCUT2D eigenvalue weighted by Gasteiger charge is -2.10. The van der Waals surface area contributed by atoms with E-state index in [-0.39, 0.29) is 11.2 Å². The van der Waals surface area contributed by atoms with Crippen molar-refractivity contribution in [1.82, 2.24) is 13.7 Å². The zero-order valence-corrected chi connectivity index (χ0v) is 16.6. The van der Waals surface area contributed by atoms with E-state index >= 15 is 0 Å². The molecule has 0 atom stereocenters. The first-order valence-electron chi connectivity index (χ1n) is 8.56. The molecule has 4 aromatic rings. The van der Waals surface area contributed by atoms with Gasteiger partial charge in [-0.1, -0.05) is 58.4 Å². The van der Waals surface area contributed by atoms with E-state index in [0.717, 1.165) is 25.9 Å². The number of nitrogens with zero attached hydrogens (tertiary/aromatic N) is 3. The molecule has 0 spiro atoms. The molecule has 0 amide bonds. The van der Waals surface area contributed by atoms with Gasteiger partial charge in [-0.3, -0.25) is 13.9 Å². The molecule has 0 N–H and O–H groups in total. The van der Waals surface area contributed by atoms with Crippen molar-refractivity contribution < 1.29 is 0 Å². The van der Waals surface area contributed by atoms with Crippen molar-refractivity contribution in [3.05, 3.63) is 91.7 Å². The maximum absolute atomic E-state index is 13.0.